The molecule has 0 radical (unpaired) electrons. The zero-order valence-corrected chi connectivity index (χ0v) is 11.2. The Morgan fingerprint density at radius 3 is 2.82 bits per heavy atom. The van der Waals surface area contributed by atoms with Crippen LogP contribution >= 0.6 is 11.8 Å². The number of nitrogens with zero attached hydrogens (tertiary/aromatic N) is 1. The van der Waals surface area contributed by atoms with E-state index in [1.165, 1.54) is 47.2 Å². The van der Waals surface area contributed by atoms with E-state index in [0.717, 1.165) is 0 Å². The topological polar surface area (TPSA) is 12.9 Å². The summed E-state index contributed by atoms with van der Waals surface area (Å²) in [6, 6.07) is 10.6. The molecule has 1 aromatic carbocycles. The van der Waals surface area contributed by atoms with E-state index in [2.05, 4.69) is 42.2 Å². The fourth-order valence-electron chi connectivity index (χ4n) is 1.90. The first-order valence-electron chi connectivity index (χ1n) is 6.38. The van der Waals surface area contributed by atoms with Gasteiger partial charge in [0.25, 0.3) is 0 Å². The van der Waals surface area contributed by atoms with E-state index in [-0.39, 0.29) is 0 Å². The highest BCUT2D eigenvalue weighted by atomic mass is 32.2. The number of benzene rings is 1. The van der Waals surface area contributed by atoms with E-state index < -0.39 is 0 Å². The van der Waals surface area contributed by atoms with Crippen LogP contribution in [0.5, 0.6) is 0 Å². The van der Waals surface area contributed by atoms with Crippen molar-refractivity contribution in [3.63, 3.8) is 0 Å². The van der Waals surface area contributed by atoms with Crippen LogP contribution in [-0.4, -0.2) is 10.7 Å². The number of hydrogen-bond acceptors (Lipinski definition) is 2. The number of thioether (sulfide) groups is 1. The average molecular weight is 245 g/mol. The lowest BCUT2D eigenvalue weighted by Gasteiger charge is -2.04. The van der Waals surface area contributed by atoms with Crippen LogP contribution in [0.2, 0.25) is 0 Å². The van der Waals surface area contributed by atoms with Crippen molar-refractivity contribution in [1.29, 1.82) is 0 Å². The molecule has 1 heterocycles. The Labute approximate surface area is 108 Å². The zero-order valence-electron chi connectivity index (χ0n) is 10.4. The van der Waals surface area contributed by atoms with Crippen LogP contribution in [0.1, 0.15) is 32.6 Å². The second kappa shape index (κ2) is 6.65. The monoisotopic (exact) mass is 245 g/mol. The highest BCUT2D eigenvalue weighted by molar-refractivity contribution is 7.99. The van der Waals surface area contributed by atoms with Gasteiger partial charge in [0.05, 0.1) is 0 Å². The van der Waals surface area contributed by atoms with E-state index in [9.17, 15) is 0 Å². The molecule has 17 heavy (non-hydrogen) atoms. The third kappa shape index (κ3) is 3.47. The van der Waals surface area contributed by atoms with Crippen LogP contribution in [0.15, 0.2) is 41.6 Å². The van der Waals surface area contributed by atoms with Crippen LogP contribution in [-0.2, 0) is 0 Å². The molecule has 0 unspecified atom stereocenters. The fraction of sp³-hybridized carbons (Fsp3) is 0.400. The van der Waals surface area contributed by atoms with Gasteiger partial charge in [-0.2, -0.15) is 0 Å². The van der Waals surface area contributed by atoms with Gasteiger partial charge in [-0.3, -0.25) is 0 Å². The number of rotatable bonds is 6. The van der Waals surface area contributed by atoms with Gasteiger partial charge in [-0.25, -0.2) is 4.98 Å². The lowest BCUT2D eigenvalue weighted by Crippen LogP contribution is -1.86. The van der Waals surface area contributed by atoms with E-state index in [1.807, 2.05) is 18.0 Å². The molecular weight excluding hydrogens is 226 g/mol. The molecule has 0 aliphatic heterocycles. The summed E-state index contributed by atoms with van der Waals surface area (Å²) in [6.45, 7) is 2.25. The molecule has 0 amide bonds. The van der Waals surface area contributed by atoms with Gasteiger partial charge >= 0.3 is 0 Å². The zero-order chi connectivity index (χ0) is 11.9. The van der Waals surface area contributed by atoms with Gasteiger partial charge in [-0.05, 0) is 23.6 Å². The van der Waals surface area contributed by atoms with Crippen molar-refractivity contribution in [3.05, 3.63) is 36.5 Å². The minimum atomic E-state index is 1.18. The Balaban J connectivity index is 1.98. The summed E-state index contributed by atoms with van der Waals surface area (Å²) in [5, 5.41) is 3.76. The van der Waals surface area contributed by atoms with Crippen LogP contribution < -0.4 is 0 Å². The molecule has 0 spiro atoms. The van der Waals surface area contributed by atoms with Gasteiger partial charge in [-0.1, -0.05) is 50.5 Å². The van der Waals surface area contributed by atoms with Crippen molar-refractivity contribution in [1.82, 2.24) is 4.98 Å². The lowest BCUT2D eigenvalue weighted by molar-refractivity contribution is 0.706. The van der Waals surface area contributed by atoms with Crippen molar-refractivity contribution in [2.45, 2.75) is 37.6 Å². The molecule has 1 aromatic heterocycles. The minimum Gasteiger partial charge on any atom is -0.249 e. The standard InChI is InChI=1S/C15H19NS/c1-2-3-4-7-12-17-15-14-9-6-5-8-13(14)10-11-16-15/h5-6,8-11H,2-4,7,12H2,1H3. The smallest absolute Gasteiger partial charge is 0.104 e. The molecule has 0 aliphatic rings. The lowest BCUT2D eigenvalue weighted by atomic mass is 10.2. The minimum absolute atomic E-state index is 1.18. The number of unbranched alkanes of at least 4 members (excludes halogenated alkanes) is 3. The van der Waals surface area contributed by atoms with Crippen LogP contribution in [0.25, 0.3) is 10.8 Å². The molecule has 90 valence electrons. The summed E-state index contributed by atoms with van der Waals surface area (Å²) in [5.74, 6) is 1.18. The van der Waals surface area contributed by atoms with E-state index in [1.54, 1.807) is 0 Å². The Morgan fingerprint density at radius 1 is 1.06 bits per heavy atom. The van der Waals surface area contributed by atoms with Gasteiger partial charge in [0, 0.05) is 11.6 Å². The molecule has 0 N–H and O–H groups in total. The average Bonchev–Trinajstić information content (AvgIpc) is 2.39. The van der Waals surface area contributed by atoms with Crippen molar-refractivity contribution in [3.8, 4) is 0 Å². The Hall–Kier alpha value is -1.02. The number of hydrogen-bond donors (Lipinski definition) is 0. The largest absolute Gasteiger partial charge is 0.249 e. The predicted octanol–water partition coefficient (Wildman–Crippen LogP) is 4.91. The molecule has 1 nitrogen and oxygen atoms in total. The molecule has 0 saturated carbocycles. The van der Waals surface area contributed by atoms with Gasteiger partial charge in [-0.15, -0.1) is 11.8 Å². The van der Waals surface area contributed by atoms with Crippen molar-refractivity contribution >= 4 is 22.5 Å². The SMILES string of the molecule is CCCCCCSc1nccc2ccccc12. The van der Waals surface area contributed by atoms with E-state index in [4.69, 9.17) is 0 Å². The summed E-state index contributed by atoms with van der Waals surface area (Å²) in [6.07, 6.45) is 7.20. The quantitative estimate of drug-likeness (QED) is 0.530. The molecular formula is C15H19NS. The molecule has 0 bridgehead atoms. The van der Waals surface area contributed by atoms with Crippen LogP contribution in [0, 0.1) is 0 Å². The highest BCUT2D eigenvalue weighted by Crippen LogP contribution is 2.26. The maximum Gasteiger partial charge on any atom is 0.104 e. The number of fused-ring (bicyclic) bond motifs is 1. The normalized spacial score (nSPS) is 10.9. The summed E-state index contributed by atoms with van der Waals surface area (Å²) >= 11 is 1.89. The van der Waals surface area contributed by atoms with Gasteiger partial charge in [0.1, 0.15) is 5.03 Å². The highest BCUT2D eigenvalue weighted by Gasteiger charge is 2.01. The number of pyridine rings is 1. The first kappa shape index (κ1) is 12.4. The fourth-order valence-corrected chi connectivity index (χ4v) is 2.92. The first-order valence-corrected chi connectivity index (χ1v) is 7.37. The van der Waals surface area contributed by atoms with E-state index in [0.29, 0.717) is 0 Å². The maximum atomic E-state index is 4.49. The third-order valence-corrected chi connectivity index (χ3v) is 3.97. The second-order valence-electron chi connectivity index (χ2n) is 4.25. The third-order valence-electron chi connectivity index (χ3n) is 2.87. The van der Waals surface area contributed by atoms with Gasteiger partial charge in [0.15, 0.2) is 0 Å². The summed E-state index contributed by atoms with van der Waals surface area (Å²) in [4.78, 5) is 4.49. The predicted molar refractivity (Wildman–Crippen MR) is 76.6 cm³/mol. The molecule has 0 atom stereocenters. The summed E-state index contributed by atoms with van der Waals surface area (Å²) in [5.41, 5.74) is 0. The molecule has 0 fully saturated rings. The molecule has 2 heteroatoms. The number of aromatic nitrogens is 1. The molecule has 2 aromatic rings. The summed E-state index contributed by atoms with van der Waals surface area (Å²) < 4.78 is 0. The molecule has 2 rings (SSSR count). The summed E-state index contributed by atoms with van der Waals surface area (Å²) in [7, 11) is 0. The molecule has 0 aliphatic carbocycles. The van der Waals surface area contributed by atoms with Crippen molar-refractivity contribution < 1.29 is 0 Å². The van der Waals surface area contributed by atoms with Crippen LogP contribution in [0.3, 0.4) is 0 Å². The second-order valence-corrected chi connectivity index (χ2v) is 5.33. The Morgan fingerprint density at radius 2 is 1.94 bits per heavy atom. The van der Waals surface area contributed by atoms with Crippen molar-refractivity contribution in [2.24, 2.45) is 0 Å². The van der Waals surface area contributed by atoms with E-state index >= 15 is 0 Å². The van der Waals surface area contributed by atoms with Crippen LogP contribution in [0.4, 0.5) is 0 Å². The van der Waals surface area contributed by atoms with Gasteiger partial charge < -0.3 is 0 Å². The Kier molecular flexibility index (Phi) is 4.87. The Bertz CT molecular complexity index is 462. The van der Waals surface area contributed by atoms with Crippen molar-refractivity contribution in [2.75, 3.05) is 5.75 Å². The maximum absolute atomic E-state index is 4.49. The van der Waals surface area contributed by atoms with Gasteiger partial charge in [0.2, 0.25) is 0 Å². The molecule has 0 saturated heterocycles. The first-order chi connectivity index (χ1) is 8.42.